The van der Waals surface area contributed by atoms with Crippen molar-refractivity contribution in [2.45, 2.75) is 50.6 Å². The standard InChI is InChI=1S/C18H25BrN2OS/c1-21(10-15-2-3-16(19)23-15)11-17(22)20-18-7-12-4-13(8-18)6-14(5-12)9-18/h2-3,12-14H,4-11H2,1H3,(H,20,22)/p+1. The Balaban J connectivity index is 1.33. The van der Waals surface area contributed by atoms with Crippen LogP contribution in [0.3, 0.4) is 0 Å². The van der Waals surface area contributed by atoms with E-state index >= 15 is 0 Å². The Hall–Kier alpha value is -0.390. The lowest BCUT2D eigenvalue weighted by molar-refractivity contribution is -0.885. The average molecular weight is 398 g/mol. The second-order valence-corrected chi connectivity index (χ2v) is 10.8. The second-order valence-electron chi connectivity index (χ2n) is 8.26. The predicted octanol–water partition coefficient (Wildman–Crippen LogP) is 2.61. The van der Waals surface area contributed by atoms with E-state index in [9.17, 15) is 4.79 Å². The highest BCUT2D eigenvalue weighted by molar-refractivity contribution is 9.11. The van der Waals surface area contributed by atoms with Crippen LogP contribution in [0.5, 0.6) is 0 Å². The van der Waals surface area contributed by atoms with Crippen LogP contribution in [0.25, 0.3) is 0 Å². The smallest absolute Gasteiger partial charge is 0.275 e. The maximum absolute atomic E-state index is 12.6. The quantitative estimate of drug-likeness (QED) is 0.786. The van der Waals surface area contributed by atoms with Gasteiger partial charge < -0.3 is 10.2 Å². The first kappa shape index (κ1) is 16.1. The molecule has 0 saturated heterocycles. The number of carbonyl (C=O) groups is 1. The minimum absolute atomic E-state index is 0.151. The van der Waals surface area contributed by atoms with Gasteiger partial charge in [-0.3, -0.25) is 4.79 Å². The van der Waals surface area contributed by atoms with Crippen LogP contribution in [-0.4, -0.2) is 25.0 Å². The number of hydrogen-bond donors (Lipinski definition) is 2. The highest BCUT2D eigenvalue weighted by Gasteiger charge is 2.51. The van der Waals surface area contributed by atoms with Gasteiger partial charge in [-0.05, 0) is 84.3 Å². The summed E-state index contributed by atoms with van der Waals surface area (Å²) in [5.74, 6) is 2.90. The summed E-state index contributed by atoms with van der Waals surface area (Å²) < 4.78 is 1.17. The molecule has 1 aromatic heterocycles. The molecule has 5 heteroatoms. The van der Waals surface area contributed by atoms with Gasteiger partial charge in [0.1, 0.15) is 6.54 Å². The molecule has 1 heterocycles. The number of amides is 1. The van der Waals surface area contributed by atoms with Crippen LogP contribution < -0.4 is 10.2 Å². The van der Waals surface area contributed by atoms with Gasteiger partial charge in [-0.1, -0.05) is 0 Å². The van der Waals surface area contributed by atoms with Crippen LogP contribution >= 0.6 is 27.3 Å². The van der Waals surface area contributed by atoms with Crippen LogP contribution in [0.1, 0.15) is 43.4 Å². The van der Waals surface area contributed by atoms with E-state index in [-0.39, 0.29) is 11.4 Å². The normalized spacial score (nSPS) is 36.2. The first-order valence-electron chi connectivity index (χ1n) is 8.86. The summed E-state index contributed by atoms with van der Waals surface area (Å²) in [4.78, 5) is 15.2. The number of carbonyl (C=O) groups excluding carboxylic acids is 1. The van der Waals surface area contributed by atoms with Crippen molar-refractivity contribution in [1.82, 2.24) is 5.32 Å². The van der Waals surface area contributed by atoms with Gasteiger partial charge in [-0.2, -0.15) is 0 Å². The van der Waals surface area contributed by atoms with E-state index in [1.54, 1.807) is 11.3 Å². The molecule has 4 aliphatic rings. The van der Waals surface area contributed by atoms with E-state index in [1.165, 1.54) is 52.1 Å². The summed E-state index contributed by atoms with van der Waals surface area (Å²) in [5.41, 5.74) is 0.151. The number of thiophene rings is 1. The Labute approximate surface area is 151 Å². The van der Waals surface area contributed by atoms with E-state index in [2.05, 4.69) is 40.4 Å². The molecule has 1 atom stereocenters. The molecule has 0 radical (unpaired) electrons. The van der Waals surface area contributed by atoms with Gasteiger partial charge >= 0.3 is 0 Å². The molecular weight excluding hydrogens is 372 g/mol. The van der Waals surface area contributed by atoms with Crippen molar-refractivity contribution in [2.75, 3.05) is 13.6 Å². The van der Waals surface area contributed by atoms with Crippen molar-refractivity contribution in [2.24, 2.45) is 17.8 Å². The lowest BCUT2D eigenvalue weighted by Crippen LogP contribution is -3.09. The molecule has 3 nitrogen and oxygen atoms in total. The molecule has 4 fully saturated rings. The molecule has 4 bridgehead atoms. The molecule has 4 aliphatic carbocycles. The second kappa shape index (κ2) is 6.16. The fraction of sp³-hybridized carbons (Fsp3) is 0.722. The highest BCUT2D eigenvalue weighted by Crippen LogP contribution is 2.55. The zero-order valence-electron chi connectivity index (χ0n) is 13.7. The fourth-order valence-corrected chi connectivity index (χ4v) is 7.28. The van der Waals surface area contributed by atoms with Gasteiger partial charge in [0.25, 0.3) is 5.91 Å². The summed E-state index contributed by atoms with van der Waals surface area (Å²) in [6.45, 7) is 1.50. The summed E-state index contributed by atoms with van der Waals surface area (Å²) >= 11 is 5.27. The van der Waals surface area contributed by atoms with Crippen molar-refractivity contribution < 1.29 is 9.69 Å². The Morgan fingerprint density at radius 3 is 2.39 bits per heavy atom. The Bertz CT molecular complexity index is 564. The zero-order valence-corrected chi connectivity index (χ0v) is 16.1. The van der Waals surface area contributed by atoms with Crippen molar-refractivity contribution in [3.8, 4) is 0 Å². The largest absolute Gasteiger partial charge is 0.346 e. The number of nitrogens with one attached hydrogen (secondary N) is 2. The Kier molecular flexibility index (Phi) is 4.31. The highest BCUT2D eigenvalue weighted by atomic mass is 79.9. The summed E-state index contributed by atoms with van der Waals surface area (Å²) in [7, 11) is 2.12. The van der Waals surface area contributed by atoms with Crippen molar-refractivity contribution in [3.05, 3.63) is 20.8 Å². The average Bonchev–Trinajstić information content (AvgIpc) is 2.81. The minimum Gasteiger partial charge on any atom is -0.346 e. The maximum Gasteiger partial charge on any atom is 0.275 e. The molecule has 4 saturated carbocycles. The van der Waals surface area contributed by atoms with E-state index < -0.39 is 0 Å². The predicted molar refractivity (Wildman–Crippen MR) is 96.5 cm³/mol. The monoisotopic (exact) mass is 397 g/mol. The van der Waals surface area contributed by atoms with Crippen molar-refractivity contribution in [3.63, 3.8) is 0 Å². The third-order valence-corrected chi connectivity index (χ3v) is 7.63. The summed E-state index contributed by atoms with van der Waals surface area (Å²) in [6, 6.07) is 4.23. The van der Waals surface area contributed by atoms with Gasteiger partial charge in [0.15, 0.2) is 6.54 Å². The minimum atomic E-state index is 0.151. The molecule has 5 rings (SSSR count). The molecule has 0 aromatic carbocycles. The van der Waals surface area contributed by atoms with Crippen LogP contribution in [-0.2, 0) is 11.3 Å². The Morgan fingerprint density at radius 2 is 1.87 bits per heavy atom. The van der Waals surface area contributed by atoms with Crippen LogP contribution in [0.4, 0.5) is 0 Å². The summed E-state index contributed by atoms with van der Waals surface area (Å²) in [6.07, 6.45) is 7.99. The van der Waals surface area contributed by atoms with Gasteiger partial charge in [0.2, 0.25) is 0 Å². The first-order chi connectivity index (χ1) is 11.0. The number of likely N-dealkylation sites (N-methyl/N-ethyl adjacent to an activating group) is 1. The molecule has 1 unspecified atom stereocenters. The molecule has 0 aliphatic heterocycles. The van der Waals surface area contributed by atoms with Gasteiger partial charge in [-0.25, -0.2) is 0 Å². The topological polar surface area (TPSA) is 33.5 Å². The molecular formula is C18H26BrN2OS+. The number of rotatable bonds is 5. The molecule has 126 valence electrons. The lowest BCUT2D eigenvalue weighted by Gasteiger charge is -2.56. The molecule has 23 heavy (non-hydrogen) atoms. The SMILES string of the molecule is C[NH+](CC(=O)NC12CC3CC(CC(C3)C1)C2)Cc1ccc(Br)s1. The lowest BCUT2D eigenvalue weighted by atomic mass is 9.53. The molecule has 1 aromatic rings. The molecule has 1 amide bonds. The van der Waals surface area contributed by atoms with E-state index in [0.29, 0.717) is 6.54 Å². The molecule has 2 N–H and O–H groups in total. The van der Waals surface area contributed by atoms with Gasteiger partial charge in [0, 0.05) is 5.54 Å². The third-order valence-electron chi connectivity index (χ3n) is 6.01. The first-order valence-corrected chi connectivity index (χ1v) is 10.5. The maximum atomic E-state index is 12.6. The van der Waals surface area contributed by atoms with E-state index in [4.69, 9.17) is 0 Å². The Morgan fingerprint density at radius 1 is 1.26 bits per heavy atom. The fourth-order valence-electron chi connectivity index (χ4n) is 5.68. The van der Waals surface area contributed by atoms with E-state index in [0.717, 1.165) is 24.3 Å². The third kappa shape index (κ3) is 3.52. The zero-order chi connectivity index (χ0) is 16.0. The van der Waals surface area contributed by atoms with E-state index in [1.807, 2.05) is 0 Å². The van der Waals surface area contributed by atoms with Gasteiger partial charge in [0.05, 0.1) is 15.7 Å². The number of quaternary nitrogens is 1. The number of halogens is 1. The van der Waals surface area contributed by atoms with Crippen LogP contribution in [0.2, 0.25) is 0 Å². The van der Waals surface area contributed by atoms with Crippen molar-refractivity contribution >= 4 is 33.2 Å². The van der Waals surface area contributed by atoms with Gasteiger partial charge in [-0.15, -0.1) is 11.3 Å². The number of hydrogen-bond acceptors (Lipinski definition) is 2. The summed E-state index contributed by atoms with van der Waals surface area (Å²) in [5, 5.41) is 3.48. The molecule has 0 spiro atoms. The van der Waals surface area contributed by atoms with Crippen LogP contribution in [0, 0.1) is 17.8 Å². The van der Waals surface area contributed by atoms with Crippen LogP contribution in [0.15, 0.2) is 15.9 Å². The van der Waals surface area contributed by atoms with Crippen molar-refractivity contribution in [1.29, 1.82) is 0 Å².